The van der Waals surface area contributed by atoms with Crippen LogP contribution >= 0.6 is 23.4 Å². The van der Waals surface area contributed by atoms with Gasteiger partial charge in [-0.25, -0.2) is 0 Å². The monoisotopic (exact) mass is 374 g/mol. The lowest BCUT2D eigenvalue weighted by Crippen LogP contribution is -2.28. The number of thioether (sulfide) groups is 1. The second-order valence-electron chi connectivity index (χ2n) is 5.22. The van der Waals surface area contributed by atoms with Crippen molar-refractivity contribution in [2.75, 3.05) is 10.7 Å². The fourth-order valence-electron chi connectivity index (χ4n) is 2.15. The zero-order chi connectivity index (χ0) is 17.6. The van der Waals surface area contributed by atoms with Gasteiger partial charge in [0, 0.05) is 6.42 Å². The van der Waals surface area contributed by atoms with Crippen molar-refractivity contribution < 1.29 is 9.59 Å². The molecule has 2 aromatic carbocycles. The van der Waals surface area contributed by atoms with Crippen LogP contribution in [0.3, 0.4) is 0 Å². The van der Waals surface area contributed by atoms with E-state index in [1.807, 2.05) is 30.3 Å². The molecule has 2 aromatic rings. The maximum atomic E-state index is 12.1. The van der Waals surface area contributed by atoms with E-state index in [1.165, 1.54) is 11.8 Å². The maximum Gasteiger partial charge on any atom is 0.240 e. The first kappa shape index (κ1) is 17.3. The molecule has 128 valence electrons. The number of halogens is 1. The molecule has 25 heavy (non-hydrogen) atoms. The summed E-state index contributed by atoms with van der Waals surface area (Å²) in [6, 6.07) is 16.3. The quantitative estimate of drug-likeness (QED) is 0.701. The Balaban J connectivity index is 1.56. The predicted octanol–water partition coefficient (Wildman–Crippen LogP) is 3.28. The van der Waals surface area contributed by atoms with Crippen LogP contribution < -0.4 is 16.1 Å². The van der Waals surface area contributed by atoms with Crippen molar-refractivity contribution in [3.05, 3.63) is 59.6 Å². The standard InChI is InChI=1S/C17H15ClN4O2S/c18-12-8-4-5-9-13(12)19-15(23)10-14-16(24)20-17(25-14)22-21-11-6-2-1-3-7-11/h1-9,14,21H,10H2,(H,19,23)(H,20,22,24)/t14-/m1/s1. The Kier molecular flexibility index (Phi) is 5.57. The van der Waals surface area contributed by atoms with E-state index in [0.29, 0.717) is 15.9 Å². The fourth-order valence-corrected chi connectivity index (χ4v) is 3.26. The summed E-state index contributed by atoms with van der Waals surface area (Å²) >= 11 is 7.22. The van der Waals surface area contributed by atoms with Crippen LogP contribution in [0.4, 0.5) is 11.4 Å². The Morgan fingerprint density at radius 3 is 2.64 bits per heavy atom. The fraction of sp³-hybridized carbons (Fsp3) is 0.118. The highest BCUT2D eigenvalue weighted by Crippen LogP contribution is 2.25. The van der Waals surface area contributed by atoms with Gasteiger partial charge in [0.2, 0.25) is 11.8 Å². The molecular formula is C17H15ClN4O2S. The number of para-hydroxylation sites is 2. The summed E-state index contributed by atoms with van der Waals surface area (Å²) in [5.74, 6) is -0.522. The van der Waals surface area contributed by atoms with Crippen molar-refractivity contribution >= 4 is 51.7 Å². The summed E-state index contributed by atoms with van der Waals surface area (Å²) in [6.07, 6.45) is 0.0338. The number of hydrogen-bond donors (Lipinski definition) is 3. The van der Waals surface area contributed by atoms with Crippen LogP contribution in [0.25, 0.3) is 0 Å². The van der Waals surface area contributed by atoms with Gasteiger partial charge in [0.25, 0.3) is 0 Å². The third kappa shape index (κ3) is 4.74. The van der Waals surface area contributed by atoms with Crippen molar-refractivity contribution in [2.24, 2.45) is 5.10 Å². The number of hydrazone groups is 1. The average Bonchev–Trinajstić information content (AvgIpc) is 2.96. The summed E-state index contributed by atoms with van der Waals surface area (Å²) in [5.41, 5.74) is 4.20. The molecule has 1 aliphatic rings. The topological polar surface area (TPSA) is 82.6 Å². The van der Waals surface area contributed by atoms with Crippen LogP contribution in [0, 0.1) is 0 Å². The molecular weight excluding hydrogens is 360 g/mol. The molecule has 0 aromatic heterocycles. The van der Waals surface area contributed by atoms with E-state index >= 15 is 0 Å². The third-order valence-electron chi connectivity index (χ3n) is 3.36. The molecule has 1 heterocycles. The molecule has 0 saturated carbocycles. The van der Waals surface area contributed by atoms with E-state index in [0.717, 1.165) is 5.69 Å². The molecule has 1 fully saturated rings. The number of carbonyl (C=O) groups excluding carboxylic acids is 2. The lowest BCUT2D eigenvalue weighted by molar-refractivity contribution is -0.122. The largest absolute Gasteiger partial charge is 0.325 e. The molecule has 8 heteroatoms. The van der Waals surface area contributed by atoms with Crippen LogP contribution in [-0.2, 0) is 9.59 Å². The first-order chi connectivity index (χ1) is 12.1. The van der Waals surface area contributed by atoms with E-state index in [4.69, 9.17) is 11.6 Å². The predicted molar refractivity (Wildman–Crippen MR) is 102 cm³/mol. The van der Waals surface area contributed by atoms with Gasteiger partial charge < -0.3 is 10.6 Å². The zero-order valence-electron chi connectivity index (χ0n) is 13.0. The zero-order valence-corrected chi connectivity index (χ0v) is 14.6. The summed E-state index contributed by atoms with van der Waals surface area (Å²) in [7, 11) is 0. The van der Waals surface area contributed by atoms with Gasteiger partial charge in [0.05, 0.1) is 16.4 Å². The van der Waals surface area contributed by atoms with Gasteiger partial charge >= 0.3 is 0 Å². The molecule has 0 radical (unpaired) electrons. The molecule has 0 spiro atoms. The van der Waals surface area contributed by atoms with Gasteiger partial charge in [-0.05, 0) is 24.3 Å². The average molecular weight is 375 g/mol. The van der Waals surface area contributed by atoms with Crippen molar-refractivity contribution in [3.63, 3.8) is 0 Å². The SMILES string of the molecule is O=C(C[C@H]1SC(=NNc2ccccc2)NC1=O)Nc1ccccc1Cl. The first-order valence-electron chi connectivity index (χ1n) is 7.52. The van der Waals surface area contributed by atoms with Crippen molar-refractivity contribution in [2.45, 2.75) is 11.7 Å². The summed E-state index contributed by atoms with van der Waals surface area (Å²) in [5, 5.41) is 9.87. The summed E-state index contributed by atoms with van der Waals surface area (Å²) < 4.78 is 0. The smallest absolute Gasteiger partial charge is 0.240 e. The van der Waals surface area contributed by atoms with E-state index in [9.17, 15) is 9.59 Å². The molecule has 1 saturated heterocycles. The number of carbonyl (C=O) groups is 2. The lowest BCUT2D eigenvalue weighted by atomic mass is 10.2. The number of amidine groups is 1. The molecule has 0 unspecified atom stereocenters. The van der Waals surface area contributed by atoms with Gasteiger partial charge in [-0.3, -0.25) is 15.0 Å². The van der Waals surface area contributed by atoms with E-state index in [-0.39, 0.29) is 18.2 Å². The minimum absolute atomic E-state index is 0.0338. The summed E-state index contributed by atoms with van der Waals surface area (Å²) in [6.45, 7) is 0. The number of amides is 2. The Bertz CT molecular complexity index is 813. The number of nitrogens with one attached hydrogen (secondary N) is 3. The van der Waals surface area contributed by atoms with Crippen LogP contribution in [0.1, 0.15) is 6.42 Å². The Labute approximate surface area is 154 Å². The number of benzene rings is 2. The Hall–Kier alpha value is -2.51. The Morgan fingerprint density at radius 2 is 1.88 bits per heavy atom. The van der Waals surface area contributed by atoms with Crippen LogP contribution in [0.2, 0.25) is 5.02 Å². The van der Waals surface area contributed by atoms with Crippen LogP contribution in [-0.4, -0.2) is 22.2 Å². The number of nitrogens with zero attached hydrogens (tertiary/aromatic N) is 1. The van der Waals surface area contributed by atoms with Crippen molar-refractivity contribution in [1.82, 2.24) is 5.32 Å². The number of rotatable bonds is 5. The highest BCUT2D eigenvalue weighted by Gasteiger charge is 2.32. The van der Waals surface area contributed by atoms with E-state index in [1.54, 1.807) is 24.3 Å². The molecule has 0 bridgehead atoms. The maximum absolute atomic E-state index is 12.1. The highest BCUT2D eigenvalue weighted by atomic mass is 35.5. The van der Waals surface area contributed by atoms with Crippen molar-refractivity contribution in [3.8, 4) is 0 Å². The van der Waals surface area contributed by atoms with Gasteiger partial charge in [-0.1, -0.05) is 53.7 Å². The number of hydrogen-bond acceptors (Lipinski definition) is 5. The van der Waals surface area contributed by atoms with E-state index < -0.39 is 5.25 Å². The molecule has 2 amide bonds. The molecule has 3 N–H and O–H groups in total. The van der Waals surface area contributed by atoms with Gasteiger partial charge in [0.1, 0.15) is 5.25 Å². The Morgan fingerprint density at radius 1 is 1.16 bits per heavy atom. The van der Waals surface area contributed by atoms with Gasteiger partial charge in [0.15, 0.2) is 5.17 Å². The normalized spacial score (nSPS) is 18.0. The van der Waals surface area contributed by atoms with Gasteiger partial charge in [-0.2, -0.15) is 0 Å². The summed E-state index contributed by atoms with van der Waals surface area (Å²) in [4.78, 5) is 24.1. The second kappa shape index (κ2) is 8.04. The minimum atomic E-state index is -0.529. The van der Waals surface area contributed by atoms with Crippen LogP contribution in [0.15, 0.2) is 59.7 Å². The lowest BCUT2D eigenvalue weighted by Gasteiger charge is -2.08. The molecule has 3 rings (SSSR count). The minimum Gasteiger partial charge on any atom is -0.325 e. The molecule has 1 aliphatic heterocycles. The highest BCUT2D eigenvalue weighted by molar-refractivity contribution is 8.15. The second-order valence-corrected chi connectivity index (χ2v) is 6.82. The third-order valence-corrected chi connectivity index (χ3v) is 4.77. The molecule has 6 nitrogen and oxygen atoms in total. The molecule has 1 atom stereocenters. The van der Waals surface area contributed by atoms with Gasteiger partial charge in [-0.15, -0.1) is 5.10 Å². The van der Waals surface area contributed by atoms with Crippen molar-refractivity contribution in [1.29, 1.82) is 0 Å². The molecule has 0 aliphatic carbocycles. The number of anilines is 2. The first-order valence-corrected chi connectivity index (χ1v) is 8.78. The van der Waals surface area contributed by atoms with Crippen LogP contribution in [0.5, 0.6) is 0 Å². The van der Waals surface area contributed by atoms with E-state index in [2.05, 4.69) is 21.2 Å².